The average Bonchev–Trinajstić information content (AvgIpc) is 2.65. The minimum absolute atomic E-state index is 0.226. The second-order valence-corrected chi connectivity index (χ2v) is 6.16. The van der Waals surface area contributed by atoms with E-state index >= 15 is 0 Å². The SMILES string of the molecule is CC1(C)CC1CNCc1ccc([N+](=O)[O-])s1. The Kier molecular flexibility index (Phi) is 2.99. The standard InChI is InChI=1S/C11H16N2O2S/c1-11(2)5-8(11)6-12-7-9-3-4-10(16-9)13(14)15/h3-4,8,12H,5-7H2,1-2H3. The van der Waals surface area contributed by atoms with Crippen molar-refractivity contribution in [3.8, 4) is 0 Å². The maximum absolute atomic E-state index is 10.5. The summed E-state index contributed by atoms with van der Waals surface area (Å²) in [6.07, 6.45) is 1.28. The number of rotatable bonds is 5. The summed E-state index contributed by atoms with van der Waals surface area (Å²) in [6.45, 7) is 6.30. The third-order valence-corrected chi connectivity index (χ3v) is 4.27. The van der Waals surface area contributed by atoms with Gasteiger partial charge in [0.1, 0.15) is 0 Å². The van der Waals surface area contributed by atoms with Crippen molar-refractivity contribution in [3.05, 3.63) is 27.1 Å². The molecule has 1 aromatic rings. The van der Waals surface area contributed by atoms with Crippen LogP contribution >= 0.6 is 11.3 Å². The number of thiophene rings is 1. The number of hydrogen-bond donors (Lipinski definition) is 1. The molecule has 2 rings (SSSR count). The van der Waals surface area contributed by atoms with Crippen LogP contribution in [0.1, 0.15) is 25.1 Å². The monoisotopic (exact) mass is 240 g/mol. The van der Waals surface area contributed by atoms with E-state index in [0.717, 1.165) is 23.9 Å². The molecule has 1 unspecified atom stereocenters. The molecule has 1 fully saturated rings. The number of nitrogens with zero attached hydrogens (tertiary/aromatic N) is 1. The van der Waals surface area contributed by atoms with Gasteiger partial charge in [-0.3, -0.25) is 10.1 Å². The van der Waals surface area contributed by atoms with Crippen LogP contribution in [0.2, 0.25) is 0 Å². The molecule has 0 spiro atoms. The van der Waals surface area contributed by atoms with Crippen LogP contribution in [-0.4, -0.2) is 11.5 Å². The Balaban J connectivity index is 1.75. The summed E-state index contributed by atoms with van der Waals surface area (Å²) in [4.78, 5) is 11.2. The van der Waals surface area contributed by atoms with E-state index < -0.39 is 0 Å². The minimum atomic E-state index is -0.335. The van der Waals surface area contributed by atoms with Crippen LogP contribution in [-0.2, 0) is 6.54 Å². The molecule has 1 aliphatic rings. The topological polar surface area (TPSA) is 55.2 Å². The van der Waals surface area contributed by atoms with Crippen LogP contribution < -0.4 is 5.32 Å². The Hall–Kier alpha value is -0.940. The fourth-order valence-electron chi connectivity index (χ4n) is 1.85. The molecule has 1 heterocycles. The van der Waals surface area contributed by atoms with Crippen molar-refractivity contribution in [2.75, 3.05) is 6.54 Å². The van der Waals surface area contributed by atoms with Gasteiger partial charge in [0.05, 0.1) is 4.92 Å². The van der Waals surface area contributed by atoms with Gasteiger partial charge in [-0.15, -0.1) is 0 Å². The quantitative estimate of drug-likeness (QED) is 0.636. The molecule has 0 amide bonds. The lowest BCUT2D eigenvalue weighted by molar-refractivity contribution is -0.380. The average molecular weight is 240 g/mol. The van der Waals surface area contributed by atoms with Crippen molar-refractivity contribution in [1.82, 2.24) is 5.32 Å². The largest absolute Gasteiger partial charge is 0.324 e. The fourth-order valence-corrected chi connectivity index (χ4v) is 2.64. The summed E-state index contributed by atoms with van der Waals surface area (Å²) in [6, 6.07) is 3.40. The molecular formula is C11H16N2O2S. The smallest absolute Gasteiger partial charge is 0.312 e. The van der Waals surface area contributed by atoms with Gasteiger partial charge in [-0.1, -0.05) is 25.2 Å². The lowest BCUT2D eigenvalue weighted by Crippen LogP contribution is -2.17. The number of nitro groups is 1. The lowest BCUT2D eigenvalue weighted by Gasteiger charge is -2.04. The molecule has 1 aliphatic carbocycles. The first-order valence-corrected chi connectivity index (χ1v) is 6.24. The molecule has 0 aliphatic heterocycles. The highest BCUT2D eigenvalue weighted by molar-refractivity contribution is 7.15. The Morgan fingerprint density at radius 3 is 2.81 bits per heavy atom. The molecule has 5 heteroatoms. The summed E-state index contributed by atoms with van der Waals surface area (Å²) in [5, 5.41) is 14.1. The van der Waals surface area contributed by atoms with Gasteiger partial charge in [-0.05, 0) is 30.4 Å². The van der Waals surface area contributed by atoms with Crippen molar-refractivity contribution in [3.63, 3.8) is 0 Å². The molecule has 1 saturated carbocycles. The zero-order valence-electron chi connectivity index (χ0n) is 9.53. The second-order valence-electron chi connectivity index (χ2n) is 5.02. The summed E-state index contributed by atoms with van der Waals surface area (Å²) in [7, 11) is 0. The molecule has 0 bridgehead atoms. The highest BCUT2D eigenvalue weighted by Gasteiger charge is 2.44. The van der Waals surface area contributed by atoms with E-state index in [9.17, 15) is 10.1 Å². The van der Waals surface area contributed by atoms with E-state index in [1.165, 1.54) is 17.8 Å². The van der Waals surface area contributed by atoms with Crippen LogP contribution in [0.15, 0.2) is 12.1 Å². The molecule has 1 N–H and O–H groups in total. The maximum atomic E-state index is 10.5. The predicted molar refractivity (Wildman–Crippen MR) is 64.6 cm³/mol. The van der Waals surface area contributed by atoms with E-state index in [1.807, 2.05) is 6.07 Å². The Morgan fingerprint density at radius 1 is 1.62 bits per heavy atom. The molecule has 1 atom stereocenters. The first-order chi connectivity index (χ1) is 7.49. The van der Waals surface area contributed by atoms with Crippen molar-refractivity contribution < 1.29 is 4.92 Å². The molecule has 88 valence electrons. The highest BCUT2D eigenvalue weighted by Crippen LogP contribution is 2.51. The van der Waals surface area contributed by atoms with Gasteiger partial charge >= 0.3 is 5.00 Å². The fraction of sp³-hybridized carbons (Fsp3) is 0.636. The van der Waals surface area contributed by atoms with Crippen LogP contribution in [0.25, 0.3) is 0 Å². The summed E-state index contributed by atoms with van der Waals surface area (Å²) in [5.41, 5.74) is 0.494. The highest BCUT2D eigenvalue weighted by atomic mass is 32.1. The predicted octanol–water partition coefficient (Wildman–Crippen LogP) is 2.79. The molecule has 16 heavy (non-hydrogen) atoms. The van der Waals surface area contributed by atoms with Gasteiger partial charge in [-0.25, -0.2) is 0 Å². The molecule has 0 saturated heterocycles. The van der Waals surface area contributed by atoms with Crippen LogP contribution in [0.3, 0.4) is 0 Å². The van der Waals surface area contributed by atoms with E-state index in [1.54, 1.807) is 6.07 Å². The zero-order chi connectivity index (χ0) is 11.8. The molecule has 0 radical (unpaired) electrons. The van der Waals surface area contributed by atoms with E-state index in [4.69, 9.17) is 0 Å². The Labute approximate surface area is 98.8 Å². The van der Waals surface area contributed by atoms with Crippen LogP contribution in [0.4, 0.5) is 5.00 Å². The van der Waals surface area contributed by atoms with Crippen molar-refractivity contribution in [2.45, 2.75) is 26.8 Å². The van der Waals surface area contributed by atoms with Crippen molar-refractivity contribution in [2.24, 2.45) is 11.3 Å². The van der Waals surface area contributed by atoms with E-state index in [-0.39, 0.29) is 9.92 Å². The maximum Gasteiger partial charge on any atom is 0.324 e. The molecule has 0 aromatic carbocycles. The summed E-state index contributed by atoms with van der Waals surface area (Å²) >= 11 is 1.25. The second kappa shape index (κ2) is 4.14. The van der Waals surface area contributed by atoms with Crippen LogP contribution in [0.5, 0.6) is 0 Å². The van der Waals surface area contributed by atoms with Gasteiger partial charge in [0, 0.05) is 17.5 Å². The van der Waals surface area contributed by atoms with Gasteiger partial charge in [0.2, 0.25) is 0 Å². The third-order valence-electron chi connectivity index (χ3n) is 3.23. The van der Waals surface area contributed by atoms with E-state index in [2.05, 4.69) is 19.2 Å². The van der Waals surface area contributed by atoms with Crippen molar-refractivity contribution in [1.29, 1.82) is 0 Å². The summed E-state index contributed by atoms with van der Waals surface area (Å²) < 4.78 is 0. The summed E-state index contributed by atoms with van der Waals surface area (Å²) in [5.74, 6) is 0.766. The first-order valence-electron chi connectivity index (χ1n) is 5.43. The van der Waals surface area contributed by atoms with Gasteiger partial charge < -0.3 is 5.32 Å². The zero-order valence-corrected chi connectivity index (χ0v) is 10.3. The molecular weight excluding hydrogens is 224 g/mol. The normalized spacial score (nSPS) is 22.0. The van der Waals surface area contributed by atoms with Crippen molar-refractivity contribution >= 4 is 16.3 Å². The third kappa shape index (κ3) is 2.59. The minimum Gasteiger partial charge on any atom is -0.312 e. The molecule has 1 aromatic heterocycles. The number of hydrogen-bond acceptors (Lipinski definition) is 4. The van der Waals surface area contributed by atoms with Gasteiger partial charge in [-0.2, -0.15) is 0 Å². The molecule has 4 nitrogen and oxygen atoms in total. The first kappa shape index (κ1) is 11.5. The van der Waals surface area contributed by atoms with Crippen LogP contribution in [0, 0.1) is 21.4 Å². The lowest BCUT2D eigenvalue weighted by atomic mass is 10.1. The Morgan fingerprint density at radius 2 is 2.31 bits per heavy atom. The Bertz CT molecular complexity index is 400. The van der Waals surface area contributed by atoms with Gasteiger partial charge in [0.25, 0.3) is 0 Å². The van der Waals surface area contributed by atoms with E-state index in [0.29, 0.717) is 5.41 Å². The van der Waals surface area contributed by atoms with Gasteiger partial charge in [0.15, 0.2) is 0 Å². The number of nitrogens with one attached hydrogen (secondary N) is 1.